The SMILES string of the molecule is COc1ccc(-c2cnsc2-c2cc(OC)c(OC)c(OC)c2)cc1NC(=O)[C@H](CCCNC(=N)N)NC(=O)CCC(=O)[C@H](N)CC(=O)O. The standard InChI is InChI=1S/C32H41N7O9S/c1-45-24-9-7-17(19-16-37-49-30(19)18-13-25(46-2)29(48-4)26(14-18)47-3)12-22(24)39-31(44)21(6-5-11-36-32(34)35)38-27(41)10-8-23(40)20(33)15-28(42)43/h7,9,12-14,16,20-21H,5-6,8,10-11,15,33H2,1-4H3,(H,38,41)(H,39,44)(H,42,43)(H4,34,35,36)/t20-,21+/m1/s1. The van der Waals surface area contributed by atoms with Crippen molar-refractivity contribution in [1.29, 1.82) is 5.41 Å². The largest absolute Gasteiger partial charge is 0.495 e. The number of hydrogen-bond acceptors (Lipinski definition) is 12. The van der Waals surface area contributed by atoms with Crippen LogP contribution in [0.25, 0.3) is 21.6 Å². The van der Waals surface area contributed by atoms with Crippen LogP contribution in [-0.2, 0) is 19.2 Å². The Balaban J connectivity index is 1.87. The predicted octanol–water partition coefficient (Wildman–Crippen LogP) is 2.35. The van der Waals surface area contributed by atoms with Crippen molar-refractivity contribution in [3.63, 3.8) is 0 Å². The minimum atomic E-state index is -1.24. The lowest BCUT2D eigenvalue weighted by atomic mass is 10.0. The number of hydrogen-bond donors (Lipinski definition) is 7. The van der Waals surface area contributed by atoms with Crippen LogP contribution in [0.2, 0.25) is 0 Å². The average Bonchev–Trinajstić information content (AvgIpc) is 3.57. The quantitative estimate of drug-likeness (QED) is 0.0540. The fraction of sp³-hybridized carbons (Fsp3) is 0.375. The maximum absolute atomic E-state index is 13.6. The number of nitrogens with two attached hydrogens (primary N) is 2. The van der Waals surface area contributed by atoms with Gasteiger partial charge in [0.15, 0.2) is 23.2 Å². The van der Waals surface area contributed by atoms with E-state index >= 15 is 0 Å². The van der Waals surface area contributed by atoms with Crippen molar-refractivity contribution in [2.24, 2.45) is 11.5 Å². The van der Waals surface area contributed by atoms with Gasteiger partial charge >= 0.3 is 5.97 Å². The van der Waals surface area contributed by atoms with Crippen LogP contribution in [0.3, 0.4) is 0 Å². The lowest BCUT2D eigenvalue weighted by Crippen LogP contribution is -2.44. The van der Waals surface area contributed by atoms with Crippen LogP contribution < -0.4 is 46.4 Å². The van der Waals surface area contributed by atoms with E-state index in [1.165, 1.54) is 40.0 Å². The summed E-state index contributed by atoms with van der Waals surface area (Å²) in [7, 11) is 6.03. The summed E-state index contributed by atoms with van der Waals surface area (Å²) in [6.45, 7) is 0.269. The number of Topliss-reactive ketones (excluding diaryl/α,β-unsaturated/α-hetero) is 1. The van der Waals surface area contributed by atoms with Crippen LogP contribution in [0.4, 0.5) is 5.69 Å². The predicted molar refractivity (Wildman–Crippen MR) is 183 cm³/mol. The highest BCUT2D eigenvalue weighted by Crippen LogP contribution is 2.45. The number of benzene rings is 2. The van der Waals surface area contributed by atoms with Crippen molar-refractivity contribution in [3.05, 3.63) is 36.5 Å². The number of rotatable bonds is 19. The molecule has 0 fully saturated rings. The summed E-state index contributed by atoms with van der Waals surface area (Å²) >= 11 is 1.26. The van der Waals surface area contributed by atoms with E-state index in [0.717, 1.165) is 16.0 Å². The topological polar surface area (TPSA) is 250 Å². The van der Waals surface area contributed by atoms with Gasteiger partial charge in [0, 0.05) is 36.7 Å². The Hall–Kier alpha value is -5.42. The third-order valence-corrected chi connectivity index (χ3v) is 8.16. The summed E-state index contributed by atoms with van der Waals surface area (Å²) in [6, 6.07) is 6.57. The van der Waals surface area contributed by atoms with Gasteiger partial charge in [0.1, 0.15) is 11.8 Å². The second-order valence-electron chi connectivity index (χ2n) is 10.7. The van der Waals surface area contributed by atoms with Crippen molar-refractivity contribution in [2.75, 3.05) is 40.3 Å². The summed E-state index contributed by atoms with van der Waals surface area (Å²) in [5.41, 5.74) is 13.5. The molecule has 49 heavy (non-hydrogen) atoms. The highest BCUT2D eigenvalue weighted by Gasteiger charge is 2.25. The molecule has 1 aromatic heterocycles. The first kappa shape index (κ1) is 38.0. The number of carboxylic acid groups (broad SMARTS) is 1. The normalized spacial score (nSPS) is 11.9. The summed E-state index contributed by atoms with van der Waals surface area (Å²) < 4.78 is 26.4. The third kappa shape index (κ3) is 10.5. The number of methoxy groups -OCH3 is 4. The number of nitrogens with one attached hydrogen (secondary N) is 4. The van der Waals surface area contributed by atoms with Crippen LogP contribution in [0, 0.1) is 5.41 Å². The molecule has 0 unspecified atom stereocenters. The summed E-state index contributed by atoms with van der Waals surface area (Å²) in [5.74, 6) is -1.47. The number of carbonyl (C=O) groups is 4. The maximum atomic E-state index is 13.6. The lowest BCUT2D eigenvalue weighted by molar-refractivity contribution is -0.139. The third-order valence-electron chi connectivity index (χ3n) is 7.31. The van der Waals surface area contributed by atoms with Gasteiger partial charge in [-0.15, -0.1) is 0 Å². The molecule has 0 bridgehead atoms. The molecule has 2 atom stereocenters. The Labute approximate surface area is 287 Å². The van der Waals surface area contributed by atoms with Gasteiger partial charge < -0.3 is 51.5 Å². The van der Waals surface area contributed by atoms with Crippen LogP contribution in [0.5, 0.6) is 23.0 Å². The van der Waals surface area contributed by atoms with E-state index in [1.807, 2.05) is 18.2 Å². The van der Waals surface area contributed by atoms with Gasteiger partial charge in [-0.2, -0.15) is 4.37 Å². The number of ketones is 1. The highest BCUT2D eigenvalue weighted by atomic mass is 32.1. The maximum Gasteiger partial charge on any atom is 0.305 e. The molecule has 16 nitrogen and oxygen atoms in total. The molecule has 1 heterocycles. The number of nitrogens with zero attached hydrogens (tertiary/aromatic N) is 1. The van der Waals surface area contributed by atoms with Crippen LogP contribution in [0.15, 0.2) is 36.5 Å². The molecule has 0 aliphatic carbocycles. The highest BCUT2D eigenvalue weighted by molar-refractivity contribution is 7.10. The fourth-order valence-corrected chi connectivity index (χ4v) is 5.60. The van der Waals surface area contributed by atoms with E-state index in [2.05, 4.69) is 20.3 Å². The number of aromatic nitrogens is 1. The van der Waals surface area contributed by atoms with E-state index < -0.39 is 42.1 Å². The number of ether oxygens (including phenoxy) is 4. The summed E-state index contributed by atoms with van der Waals surface area (Å²) in [5, 5.41) is 24.4. The number of anilines is 1. The minimum absolute atomic E-state index is 0.159. The Bertz CT molecular complexity index is 1640. The van der Waals surface area contributed by atoms with E-state index in [-0.39, 0.29) is 31.8 Å². The van der Waals surface area contributed by atoms with Gasteiger partial charge in [-0.25, -0.2) is 0 Å². The molecule has 0 saturated carbocycles. The second-order valence-corrected chi connectivity index (χ2v) is 11.5. The van der Waals surface area contributed by atoms with Crippen LogP contribution in [-0.4, -0.2) is 86.1 Å². The number of amides is 2. The zero-order chi connectivity index (χ0) is 36.1. The van der Waals surface area contributed by atoms with Gasteiger partial charge in [0.25, 0.3) is 0 Å². The van der Waals surface area contributed by atoms with Gasteiger partial charge in [0.2, 0.25) is 17.6 Å². The van der Waals surface area contributed by atoms with Crippen LogP contribution in [0.1, 0.15) is 32.1 Å². The molecule has 264 valence electrons. The van der Waals surface area contributed by atoms with Crippen molar-refractivity contribution >= 4 is 46.7 Å². The van der Waals surface area contributed by atoms with E-state index in [4.69, 9.17) is 40.9 Å². The molecule has 3 aromatic rings. The Morgan fingerprint density at radius 1 is 0.959 bits per heavy atom. The van der Waals surface area contributed by atoms with E-state index in [0.29, 0.717) is 40.7 Å². The number of aliphatic carboxylic acids is 1. The number of guanidine groups is 1. The van der Waals surface area contributed by atoms with Gasteiger partial charge in [0.05, 0.1) is 51.5 Å². The first-order valence-electron chi connectivity index (χ1n) is 15.0. The second kappa shape index (κ2) is 18.2. The zero-order valence-electron chi connectivity index (χ0n) is 27.6. The molecular weight excluding hydrogens is 658 g/mol. The molecule has 0 saturated heterocycles. The van der Waals surface area contributed by atoms with Gasteiger partial charge in [-0.3, -0.25) is 24.6 Å². The number of carbonyl (C=O) groups excluding carboxylic acids is 3. The molecule has 0 aliphatic rings. The smallest absolute Gasteiger partial charge is 0.305 e. The van der Waals surface area contributed by atoms with Crippen molar-refractivity contribution in [1.82, 2.24) is 15.0 Å². The van der Waals surface area contributed by atoms with E-state index in [1.54, 1.807) is 18.3 Å². The average molecular weight is 700 g/mol. The van der Waals surface area contributed by atoms with Crippen LogP contribution >= 0.6 is 11.5 Å². The molecule has 2 amide bonds. The monoisotopic (exact) mass is 699 g/mol. The van der Waals surface area contributed by atoms with Gasteiger partial charge in [-0.05, 0) is 54.2 Å². The zero-order valence-corrected chi connectivity index (χ0v) is 28.4. The molecule has 0 aliphatic heterocycles. The molecule has 2 aromatic carbocycles. The molecule has 3 rings (SSSR count). The van der Waals surface area contributed by atoms with Crippen molar-refractivity contribution in [3.8, 4) is 44.6 Å². The molecule has 9 N–H and O–H groups in total. The molecular formula is C32H41N7O9S. The number of carboxylic acids is 1. The molecule has 17 heteroatoms. The minimum Gasteiger partial charge on any atom is -0.495 e. The Morgan fingerprint density at radius 2 is 1.63 bits per heavy atom. The summed E-state index contributed by atoms with van der Waals surface area (Å²) in [4.78, 5) is 50.3. The molecule has 0 spiro atoms. The molecule has 0 radical (unpaired) electrons. The van der Waals surface area contributed by atoms with Crippen molar-refractivity contribution in [2.45, 2.75) is 44.2 Å². The summed E-state index contributed by atoms with van der Waals surface area (Å²) in [6.07, 6.45) is 1.07. The Morgan fingerprint density at radius 3 is 2.22 bits per heavy atom. The Kier molecular flexibility index (Phi) is 14.1. The fourth-order valence-electron chi connectivity index (χ4n) is 4.85. The van der Waals surface area contributed by atoms with Gasteiger partial charge in [-0.1, -0.05) is 6.07 Å². The first-order valence-corrected chi connectivity index (χ1v) is 15.8. The van der Waals surface area contributed by atoms with E-state index in [9.17, 15) is 19.2 Å². The first-order chi connectivity index (χ1) is 23.4. The van der Waals surface area contributed by atoms with Crippen molar-refractivity contribution < 1.29 is 43.2 Å². The lowest BCUT2D eigenvalue weighted by Gasteiger charge is -2.20.